The second-order valence-electron chi connectivity index (χ2n) is 7.38. The van der Waals surface area contributed by atoms with Gasteiger partial charge in [-0.05, 0) is 18.9 Å². The van der Waals surface area contributed by atoms with Gasteiger partial charge in [0.1, 0.15) is 5.84 Å². The topological polar surface area (TPSA) is 108 Å². The summed E-state index contributed by atoms with van der Waals surface area (Å²) in [6, 6.07) is 6.19. The van der Waals surface area contributed by atoms with Crippen molar-refractivity contribution in [1.29, 1.82) is 5.41 Å². The van der Waals surface area contributed by atoms with Crippen LogP contribution in [0.3, 0.4) is 0 Å². The fourth-order valence-corrected chi connectivity index (χ4v) is 4.46. The van der Waals surface area contributed by atoms with E-state index in [1.165, 1.54) is 11.8 Å². The molecule has 0 bridgehead atoms. The van der Waals surface area contributed by atoms with Gasteiger partial charge in [0, 0.05) is 25.1 Å². The average molecular weight is 370 g/mol. The number of unbranched alkanes of at least 4 members (excludes halogenated alkanes) is 1. The van der Waals surface area contributed by atoms with Gasteiger partial charge in [-0.2, -0.15) is 0 Å². The zero-order valence-electron chi connectivity index (χ0n) is 15.9. The number of amidine groups is 1. The third kappa shape index (κ3) is 3.01. The highest BCUT2D eigenvalue weighted by atomic mass is 16.2. The fraction of sp³-hybridized carbons (Fsp3) is 0.500. The molecule has 2 aliphatic heterocycles. The van der Waals surface area contributed by atoms with Gasteiger partial charge in [-0.3, -0.25) is 24.7 Å². The first-order chi connectivity index (χ1) is 12.8. The van der Waals surface area contributed by atoms with Crippen molar-refractivity contribution in [3.63, 3.8) is 0 Å². The molecule has 0 radical (unpaired) electrons. The lowest BCUT2D eigenvalue weighted by Gasteiger charge is -2.31. The first-order valence-corrected chi connectivity index (χ1v) is 9.38. The van der Waals surface area contributed by atoms with Crippen LogP contribution >= 0.6 is 0 Å². The molecule has 7 heteroatoms. The second kappa shape index (κ2) is 7.13. The van der Waals surface area contributed by atoms with E-state index in [9.17, 15) is 14.4 Å². The Morgan fingerprint density at radius 3 is 2.26 bits per heavy atom. The lowest BCUT2D eigenvalue weighted by Crippen LogP contribution is -2.42. The van der Waals surface area contributed by atoms with Crippen molar-refractivity contribution in [3.8, 4) is 0 Å². The Kier molecular flexibility index (Phi) is 5.04. The molecule has 1 aromatic rings. The van der Waals surface area contributed by atoms with Crippen LogP contribution in [0.15, 0.2) is 24.3 Å². The number of carbonyl (C=O) groups excluding carboxylic acids is 3. The lowest BCUT2D eigenvalue weighted by atomic mass is 9.86. The van der Waals surface area contributed by atoms with E-state index in [1.54, 1.807) is 29.2 Å². The van der Waals surface area contributed by atoms with Crippen LogP contribution in [-0.4, -0.2) is 45.9 Å². The number of amides is 3. The van der Waals surface area contributed by atoms with Crippen LogP contribution in [0.5, 0.6) is 0 Å². The number of likely N-dealkylation sites (tertiary alicyclic amines) is 2. The van der Waals surface area contributed by atoms with Crippen LogP contribution in [-0.2, 0) is 14.4 Å². The molecule has 2 saturated heterocycles. The van der Waals surface area contributed by atoms with Gasteiger partial charge in [0.2, 0.25) is 17.7 Å². The summed E-state index contributed by atoms with van der Waals surface area (Å²) in [5.74, 6) is -1.61. The number of nitrogen functional groups attached to an aromatic ring is 1. The third-order valence-corrected chi connectivity index (χ3v) is 5.75. The number of imide groups is 1. The minimum Gasteiger partial charge on any atom is -0.384 e. The molecule has 2 fully saturated rings. The van der Waals surface area contributed by atoms with Gasteiger partial charge < -0.3 is 10.6 Å². The fourth-order valence-electron chi connectivity index (χ4n) is 4.46. The van der Waals surface area contributed by atoms with Crippen LogP contribution < -0.4 is 5.73 Å². The Bertz CT molecular complexity index is 789. The van der Waals surface area contributed by atoms with E-state index >= 15 is 0 Å². The number of nitrogens with zero attached hydrogens (tertiary/aromatic N) is 2. The number of rotatable bonds is 5. The lowest BCUT2D eigenvalue weighted by molar-refractivity contribution is -0.143. The average Bonchev–Trinajstić information content (AvgIpc) is 3.06. The monoisotopic (exact) mass is 370 g/mol. The summed E-state index contributed by atoms with van der Waals surface area (Å²) >= 11 is 0. The summed E-state index contributed by atoms with van der Waals surface area (Å²) in [6.07, 6.45) is 1.68. The van der Waals surface area contributed by atoms with E-state index in [0.717, 1.165) is 18.4 Å². The molecule has 3 rings (SSSR count). The number of hydrogen-bond acceptors (Lipinski definition) is 4. The molecule has 27 heavy (non-hydrogen) atoms. The van der Waals surface area contributed by atoms with Crippen LogP contribution in [0, 0.1) is 17.2 Å². The molecule has 0 aromatic heterocycles. The van der Waals surface area contributed by atoms with Crippen LogP contribution in [0.2, 0.25) is 0 Å². The van der Waals surface area contributed by atoms with Crippen molar-refractivity contribution in [1.82, 2.24) is 9.80 Å². The molecule has 2 aliphatic rings. The molecule has 2 heterocycles. The Labute approximate surface area is 159 Å². The normalized spacial score (nSPS) is 27.2. The van der Waals surface area contributed by atoms with Gasteiger partial charge in [0.25, 0.3) is 0 Å². The first kappa shape index (κ1) is 19.1. The third-order valence-electron chi connectivity index (χ3n) is 5.75. The van der Waals surface area contributed by atoms with E-state index in [2.05, 4.69) is 0 Å². The van der Waals surface area contributed by atoms with E-state index in [-0.39, 0.29) is 29.6 Å². The predicted octanol–water partition coefficient (Wildman–Crippen LogP) is 1.66. The largest absolute Gasteiger partial charge is 0.384 e. The van der Waals surface area contributed by atoms with Crippen molar-refractivity contribution in [2.45, 2.75) is 45.7 Å². The van der Waals surface area contributed by atoms with Gasteiger partial charge in [0.15, 0.2) is 0 Å². The summed E-state index contributed by atoms with van der Waals surface area (Å²) < 4.78 is 0. The number of nitrogens with one attached hydrogen (secondary N) is 1. The quantitative estimate of drug-likeness (QED) is 0.467. The van der Waals surface area contributed by atoms with Crippen LogP contribution in [0.25, 0.3) is 0 Å². The summed E-state index contributed by atoms with van der Waals surface area (Å²) in [5, 5.41) is 7.53. The van der Waals surface area contributed by atoms with Crippen molar-refractivity contribution < 1.29 is 14.4 Å². The molecular formula is C20H26N4O3. The Balaban J connectivity index is 2.02. The SMILES string of the molecule is CCCCN1C(=O)[C@@H]2[C@H](C1=O)[C@H](c1ccc(C(=N)N)cc1)N(C(C)=O)[C@H]2C. The highest BCUT2D eigenvalue weighted by Crippen LogP contribution is 2.49. The first-order valence-electron chi connectivity index (χ1n) is 9.38. The molecule has 0 unspecified atom stereocenters. The predicted molar refractivity (Wildman–Crippen MR) is 101 cm³/mol. The minimum absolute atomic E-state index is 0.0412. The molecule has 144 valence electrons. The smallest absolute Gasteiger partial charge is 0.235 e. The molecule has 7 nitrogen and oxygen atoms in total. The molecule has 4 atom stereocenters. The van der Waals surface area contributed by atoms with Crippen LogP contribution in [0.1, 0.15) is 50.8 Å². The highest BCUT2D eigenvalue weighted by molar-refractivity contribution is 6.07. The Morgan fingerprint density at radius 2 is 1.74 bits per heavy atom. The van der Waals surface area contributed by atoms with Crippen molar-refractivity contribution in [3.05, 3.63) is 35.4 Å². The summed E-state index contributed by atoms with van der Waals surface area (Å²) in [6.45, 7) is 5.77. The van der Waals surface area contributed by atoms with E-state index in [0.29, 0.717) is 12.1 Å². The number of hydrogen-bond donors (Lipinski definition) is 2. The molecule has 0 spiro atoms. The number of fused-ring (bicyclic) bond motifs is 1. The standard InChI is InChI=1S/C20H26N4O3/c1-4-5-10-23-19(26)15-11(2)24(12(3)25)17(16(15)20(23)27)13-6-8-14(9-7-13)18(21)22/h6-9,11,15-17H,4-5,10H2,1-3H3,(H3,21,22)/t11-,15-,16-,17-/m0/s1. The van der Waals surface area contributed by atoms with Crippen molar-refractivity contribution in [2.24, 2.45) is 17.6 Å². The highest BCUT2D eigenvalue weighted by Gasteiger charge is 2.61. The maximum absolute atomic E-state index is 13.1. The Hall–Kier alpha value is -2.70. The van der Waals surface area contributed by atoms with E-state index < -0.39 is 17.9 Å². The van der Waals surface area contributed by atoms with Gasteiger partial charge >= 0.3 is 0 Å². The zero-order valence-corrected chi connectivity index (χ0v) is 15.9. The van der Waals surface area contributed by atoms with Gasteiger partial charge in [0.05, 0.1) is 17.9 Å². The number of carbonyl (C=O) groups is 3. The van der Waals surface area contributed by atoms with Gasteiger partial charge in [-0.25, -0.2) is 0 Å². The number of nitrogens with two attached hydrogens (primary N) is 1. The molecular weight excluding hydrogens is 344 g/mol. The van der Waals surface area contributed by atoms with Gasteiger partial charge in [-0.1, -0.05) is 37.6 Å². The molecule has 3 N–H and O–H groups in total. The molecule has 0 saturated carbocycles. The maximum atomic E-state index is 13.1. The summed E-state index contributed by atoms with van der Waals surface area (Å²) in [5.41, 5.74) is 6.88. The minimum atomic E-state index is -0.559. The number of benzene rings is 1. The maximum Gasteiger partial charge on any atom is 0.235 e. The zero-order chi connectivity index (χ0) is 19.9. The Morgan fingerprint density at radius 1 is 1.15 bits per heavy atom. The molecule has 0 aliphatic carbocycles. The van der Waals surface area contributed by atoms with Gasteiger partial charge in [-0.15, -0.1) is 0 Å². The van der Waals surface area contributed by atoms with Crippen molar-refractivity contribution >= 4 is 23.6 Å². The molecule has 1 aromatic carbocycles. The molecule has 3 amide bonds. The summed E-state index contributed by atoms with van der Waals surface area (Å²) in [7, 11) is 0. The van der Waals surface area contributed by atoms with E-state index in [4.69, 9.17) is 11.1 Å². The van der Waals surface area contributed by atoms with Crippen molar-refractivity contribution in [2.75, 3.05) is 6.54 Å². The van der Waals surface area contributed by atoms with Crippen LogP contribution in [0.4, 0.5) is 0 Å². The van der Waals surface area contributed by atoms with E-state index in [1.807, 2.05) is 13.8 Å². The second-order valence-corrected chi connectivity index (χ2v) is 7.38. The summed E-state index contributed by atoms with van der Waals surface area (Å²) in [4.78, 5) is 41.4.